The van der Waals surface area contributed by atoms with Crippen molar-refractivity contribution in [3.63, 3.8) is 0 Å². The Kier molecular flexibility index (Phi) is 2.87. The van der Waals surface area contributed by atoms with E-state index in [4.69, 9.17) is 11.5 Å². The first-order valence-corrected chi connectivity index (χ1v) is 7.46. The molecule has 5 N–H and O–H groups in total. The zero-order valence-corrected chi connectivity index (χ0v) is 13.0. The number of nitrogen functional groups attached to an aromatic ring is 2. The highest BCUT2D eigenvalue weighted by atomic mass is 32.2. The molecule has 0 aromatic heterocycles. The standard InChI is InChI=1S/C16H19N3S/c1-7-8(2)14-16(10(4)13(7)18)20-15-9(3)11(17)5-6-12(15)19-14/h5-6,19H,17-18H2,1-4H3. The van der Waals surface area contributed by atoms with E-state index in [1.54, 1.807) is 11.8 Å². The lowest BCUT2D eigenvalue weighted by atomic mass is 10.0. The Labute approximate surface area is 123 Å². The zero-order valence-electron chi connectivity index (χ0n) is 12.2. The minimum atomic E-state index is 0.830. The summed E-state index contributed by atoms with van der Waals surface area (Å²) in [4.78, 5) is 2.41. The summed E-state index contributed by atoms with van der Waals surface area (Å²) in [7, 11) is 0. The summed E-state index contributed by atoms with van der Waals surface area (Å²) in [5.41, 5.74) is 20.9. The van der Waals surface area contributed by atoms with Crippen molar-refractivity contribution >= 4 is 34.5 Å². The van der Waals surface area contributed by atoms with Crippen LogP contribution in [-0.4, -0.2) is 0 Å². The summed E-state index contributed by atoms with van der Waals surface area (Å²) >= 11 is 1.76. The Morgan fingerprint density at radius 2 is 1.55 bits per heavy atom. The van der Waals surface area contributed by atoms with Crippen molar-refractivity contribution in [2.75, 3.05) is 16.8 Å². The summed E-state index contributed by atoms with van der Waals surface area (Å²) in [6.07, 6.45) is 0. The maximum absolute atomic E-state index is 6.23. The van der Waals surface area contributed by atoms with Crippen LogP contribution in [0.25, 0.3) is 0 Å². The SMILES string of the molecule is Cc1c(C)c2c(c(C)c1N)Sc1c(ccc(N)c1C)N2. The fourth-order valence-electron chi connectivity index (χ4n) is 2.60. The summed E-state index contributed by atoms with van der Waals surface area (Å²) in [5.74, 6) is 0. The summed E-state index contributed by atoms with van der Waals surface area (Å²) in [5, 5.41) is 3.55. The van der Waals surface area contributed by atoms with Gasteiger partial charge in [-0.05, 0) is 62.1 Å². The highest BCUT2D eigenvalue weighted by Gasteiger charge is 2.24. The molecule has 0 unspecified atom stereocenters. The zero-order chi connectivity index (χ0) is 14.6. The molecule has 1 aliphatic rings. The topological polar surface area (TPSA) is 64.1 Å². The van der Waals surface area contributed by atoms with Gasteiger partial charge in [0.25, 0.3) is 0 Å². The third-order valence-corrected chi connectivity index (χ3v) is 5.67. The molecule has 0 fully saturated rings. The molecular formula is C16H19N3S. The molecule has 3 nitrogen and oxygen atoms in total. The molecule has 1 heterocycles. The fourth-order valence-corrected chi connectivity index (χ4v) is 3.88. The third-order valence-electron chi connectivity index (χ3n) is 4.22. The highest BCUT2D eigenvalue weighted by molar-refractivity contribution is 7.99. The van der Waals surface area contributed by atoms with Gasteiger partial charge in [0, 0.05) is 21.2 Å². The van der Waals surface area contributed by atoms with Crippen LogP contribution >= 0.6 is 11.8 Å². The van der Waals surface area contributed by atoms with Crippen LogP contribution in [0.1, 0.15) is 22.3 Å². The number of nitrogens with one attached hydrogen (secondary N) is 1. The largest absolute Gasteiger partial charge is 0.398 e. The van der Waals surface area contributed by atoms with Gasteiger partial charge in [-0.1, -0.05) is 11.8 Å². The van der Waals surface area contributed by atoms with Crippen LogP contribution < -0.4 is 16.8 Å². The van der Waals surface area contributed by atoms with Crippen molar-refractivity contribution in [1.82, 2.24) is 0 Å². The lowest BCUT2D eigenvalue weighted by Crippen LogP contribution is -2.09. The van der Waals surface area contributed by atoms with Crippen LogP contribution in [0, 0.1) is 27.7 Å². The van der Waals surface area contributed by atoms with Crippen molar-refractivity contribution in [2.45, 2.75) is 37.5 Å². The fraction of sp³-hybridized carbons (Fsp3) is 0.250. The van der Waals surface area contributed by atoms with Gasteiger partial charge in [0.05, 0.1) is 11.4 Å². The maximum Gasteiger partial charge on any atom is 0.0563 e. The smallest absolute Gasteiger partial charge is 0.0563 e. The molecule has 0 atom stereocenters. The lowest BCUT2D eigenvalue weighted by Gasteiger charge is -2.28. The van der Waals surface area contributed by atoms with Crippen LogP contribution in [0.3, 0.4) is 0 Å². The number of rotatable bonds is 0. The molecule has 0 amide bonds. The van der Waals surface area contributed by atoms with E-state index < -0.39 is 0 Å². The minimum absolute atomic E-state index is 0.830. The number of nitrogens with two attached hydrogens (primary N) is 2. The molecule has 0 saturated carbocycles. The van der Waals surface area contributed by atoms with Gasteiger partial charge in [0.2, 0.25) is 0 Å². The molecule has 0 bridgehead atoms. The molecular weight excluding hydrogens is 266 g/mol. The molecule has 3 rings (SSSR count). The molecule has 20 heavy (non-hydrogen) atoms. The van der Waals surface area contributed by atoms with E-state index in [9.17, 15) is 0 Å². The predicted molar refractivity (Wildman–Crippen MR) is 88.1 cm³/mol. The van der Waals surface area contributed by atoms with Crippen LogP contribution in [0.2, 0.25) is 0 Å². The van der Waals surface area contributed by atoms with Crippen molar-refractivity contribution in [3.05, 3.63) is 34.4 Å². The minimum Gasteiger partial charge on any atom is -0.398 e. The normalized spacial score (nSPS) is 12.6. The highest BCUT2D eigenvalue weighted by Crippen LogP contribution is 2.51. The van der Waals surface area contributed by atoms with Gasteiger partial charge < -0.3 is 16.8 Å². The molecule has 0 aliphatic carbocycles. The molecule has 0 spiro atoms. The van der Waals surface area contributed by atoms with Crippen molar-refractivity contribution < 1.29 is 0 Å². The van der Waals surface area contributed by atoms with E-state index in [2.05, 4.69) is 33.0 Å². The molecule has 104 valence electrons. The monoisotopic (exact) mass is 285 g/mol. The first-order chi connectivity index (χ1) is 9.41. The summed E-state index contributed by atoms with van der Waals surface area (Å²) in [6.45, 7) is 8.34. The van der Waals surface area contributed by atoms with Crippen molar-refractivity contribution in [1.29, 1.82) is 0 Å². The molecule has 2 aromatic carbocycles. The number of anilines is 4. The second kappa shape index (κ2) is 4.35. The summed E-state index contributed by atoms with van der Waals surface area (Å²) < 4.78 is 0. The average Bonchev–Trinajstić information content (AvgIpc) is 2.45. The first-order valence-electron chi connectivity index (χ1n) is 6.65. The first kappa shape index (κ1) is 13.2. The molecule has 2 aromatic rings. The van der Waals surface area contributed by atoms with Gasteiger partial charge in [0.1, 0.15) is 0 Å². The van der Waals surface area contributed by atoms with Crippen LogP contribution in [0.5, 0.6) is 0 Å². The number of hydrogen-bond donors (Lipinski definition) is 3. The number of hydrogen-bond acceptors (Lipinski definition) is 4. The van der Waals surface area contributed by atoms with Crippen molar-refractivity contribution in [3.8, 4) is 0 Å². The molecule has 0 radical (unpaired) electrons. The molecule has 1 aliphatic heterocycles. The van der Waals surface area contributed by atoms with Gasteiger partial charge >= 0.3 is 0 Å². The second-order valence-electron chi connectivity index (χ2n) is 5.38. The Hall–Kier alpha value is -1.81. The quantitative estimate of drug-likeness (QED) is 0.539. The number of fused-ring (bicyclic) bond motifs is 2. The number of benzene rings is 2. The van der Waals surface area contributed by atoms with E-state index in [0.717, 1.165) is 33.8 Å². The molecule has 4 heteroatoms. The third kappa shape index (κ3) is 1.68. The van der Waals surface area contributed by atoms with Crippen LogP contribution in [0.4, 0.5) is 22.7 Å². The van der Waals surface area contributed by atoms with Gasteiger partial charge in [-0.3, -0.25) is 0 Å². The van der Waals surface area contributed by atoms with E-state index >= 15 is 0 Å². The van der Waals surface area contributed by atoms with E-state index in [1.807, 2.05) is 12.1 Å². The van der Waals surface area contributed by atoms with Crippen molar-refractivity contribution in [2.24, 2.45) is 0 Å². The van der Waals surface area contributed by atoms with Crippen LogP contribution in [0.15, 0.2) is 21.9 Å². The van der Waals surface area contributed by atoms with E-state index in [1.165, 1.54) is 21.0 Å². The Morgan fingerprint density at radius 1 is 0.850 bits per heavy atom. The Morgan fingerprint density at radius 3 is 2.25 bits per heavy atom. The van der Waals surface area contributed by atoms with E-state index in [0.29, 0.717) is 0 Å². The second-order valence-corrected chi connectivity index (χ2v) is 6.40. The maximum atomic E-state index is 6.23. The van der Waals surface area contributed by atoms with Gasteiger partial charge in [-0.15, -0.1) is 0 Å². The Balaban J connectivity index is 2.26. The van der Waals surface area contributed by atoms with E-state index in [-0.39, 0.29) is 0 Å². The van der Waals surface area contributed by atoms with Gasteiger partial charge in [-0.2, -0.15) is 0 Å². The summed E-state index contributed by atoms with van der Waals surface area (Å²) in [6, 6.07) is 4.01. The lowest BCUT2D eigenvalue weighted by molar-refractivity contribution is 1.17. The Bertz CT molecular complexity index is 735. The predicted octanol–water partition coefficient (Wildman–Crippen LogP) is 4.29. The van der Waals surface area contributed by atoms with Gasteiger partial charge in [-0.25, -0.2) is 0 Å². The average molecular weight is 285 g/mol. The van der Waals surface area contributed by atoms with Crippen LogP contribution in [-0.2, 0) is 0 Å². The molecule has 0 saturated heterocycles. The van der Waals surface area contributed by atoms with Gasteiger partial charge in [0.15, 0.2) is 0 Å².